The van der Waals surface area contributed by atoms with Gasteiger partial charge in [-0.3, -0.25) is 9.10 Å². The number of carbonyl (C=O) groups excluding carboxylic acids is 1. The first-order valence-corrected chi connectivity index (χ1v) is 9.99. The number of nitrogens with zero attached hydrogens (tertiary/aromatic N) is 2. The molecule has 1 aliphatic heterocycles. The zero-order valence-corrected chi connectivity index (χ0v) is 15.7. The number of hydrogen-bond acceptors (Lipinski definition) is 3. The molecule has 0 radical (unpaired) electrons. The predicted molar refractivity (Wildman–Crippen MR) is 101 cm³/mol. The van der Waals surface area contributed by atoms with E-state index in [4.69, 9.17) is 0 Å². The number of benzene rings is 2. The van der Waals surface area contributed by atoms with Crippen molar-refractivity contribution >= 4 is 27.3 Å². The summed E-state index contributed by atoms with van der Waals surface area (Å²) in [6, 6.07) is 11.3. The highest BCUT2D eigenvalue weighted by atomic mass is 32.2. The largest absolute Gasteiger partial charge is 0.311 e. The van der Waals surface area contributed by atoms with Crippen LogP contribution in [-0.4, -0.2) is 34.2 Å². The first-order chi connectivity index (χ1) is 11.7. The summed E-state index contributed by atoms with van der Waals surface area (Å²) in [5.74, 6) is -0.102. The molecule has 2 aromatic carbocycles. The van der Waals surface area contributed by atoms with Gasteiger partial charge in [0.2, 0.25) is 10.0 Å². The third-order valence-corrected chi connectivity index (χ3v) is 5.79. The van der Waals surface area contributed by atoms with E-state index in [0.717, 1.165) is 22.4 Å². The number of amides is 1. The minimum atomic E-state index is -3.28. The summed E-state index contributed by atoms with van der Waals surface area (Å²) in [6.07, 6.45) is 1.83. The number of rotatable bonds is 3. The Bertz CT molecular complexity index is 951. The van der Waals surface area contributed by atoms with Crippen molar-refractivity contribution in [3.8, 4) is 0 Å². The minimum Gasteiger partial charge on any atom is -0.311 e. The Balaban J connectivity index is 1.93. The van der Waals surface area contributed by atoms with E-state index >= 15 is 0 Å². The van der Waals surface area contributed by atoms with Crippen LogP contribution in [0.5, 0.6) is 0 Å². The predicted octanol–water partition coefficient (Wildman–Crippen LogP) is 2.90. The fourth-order valence-electron chi connectivity index (χ4n) is 3.23. The molecule has 0 unspecified atom stereocenters. The van der Waals surface area contributed by atoms with Gasteiger partial charge in [0.15, 0.2) is 0 Å². The van der Waals surface area contributed by atoms with Gasteiger partial charge in [-0.1, -0.05) is 12.1 Å². The van der Waals surface area contributed by atoms with E-state index < -0.39 is 10.0 Å². The van der Waals surface area contributed by atoms with E-state index in [0.29, 0.717) is 24.2 Å². The average molecular weight is 358 g/mol. The molecule has 2 aromatic rings. The van der Waals surface area contributed by atoms with Gasteiger partial charge < -0.3 is 4.90 Å². The molecule has 3 rings (SSSR count). The van der Waals surface area contributed by atoms with Crippen LogP contribution in [-0.2, 0) is 16.4 Å². The summed E-state index contributed by atoms with van der Waals surface area (Å²) in [4.78, 5) is 14.5. The molecule has 25 heavy (non-hydrogen) atoms. The smallest absolute Gasteiger partial charge is 0.258 e. The molecule has 1 heterocycles. The number of hydrogen-bond donors (Lipinski definition) is 0. The second-order valence-corrected chi connectivity index (χ2v) is 8.49. The molecule has 5 nitrogen and oxygen atoms in total. The first kappa shape index (κ1) is 17.5. The lowest BCUT2D eigenvalue weighted by atomic mass is 10.1. The second kappa shape index (κ2) is 6.19. The maximum absolute atomic E-state index is 12.9. The molecule has 0 atom stereocenters. The van der Waals surface area contributed by atoms with E-state index in [-0.39, 0.29) is 5.91 Å². The first-order valence-electron chi connectivity index (χ1n) is 8.14. The third-order valence-electron chi connectivity index (χ3n) is 4.61. The average Bonchev–Trinajstić information content (AvgIpc) is 2.99. The van der Waals surface area contributed by atoms with E-state index in [1.807, 2.05) is 38.1 Å². The van der Waals surface area contributed by atoms with Gasteiger partial charge in [0.05, 0.1) is 11.9 Å². The SMILES string of the molecule is Cc1ccc(C)c(N(C)C(=O)c2ccc3c(c2)CCN3S(C)(=O)=O)c1. The summed E-state index contributed by atoms with van der Waals surface area (Å²) in [7, 11) is -1.52. The number of sulfonamides is 1. The second-order valence-electron chi connectivity index (χ2n) is 6.58. The van der Waals surface area contributed by atoms with Crippen molar-refractivity contribution in [1.82, 2.24) is 0 Å². The van der Waals surface area contributed by atoms with Gasteiger partial charge >= 0.3 is 0 Å². The molecule has 1 amide bonds. The molecule has 0 aromatic heterocycles. The Kier molecular flexibility index (Phi) is 4.33. The lowest BCUT2D eigenvalue weighted by Gasteiger charge is -2.21. The quantitative estimate of drug-likeness (QED) is 0.848. The number of anilines is 2. The maximum Gasteiger partial charge on any atom is 0.258 e. The van der Waals surface area contributed by atoms with Crippen molar-refractivity contribution in [2.45, 2.75) is 20.3 Å². The van der Waals surface area contributed by atoms with Crippen molar-refractivity contribution in [2.24, 2.45) is 0 Å². The summed E-state index contributed by atoms with van der Waals surface area (Å²) in [6.45, 7) is 4.40. The molecule has 0 bridgehead atoms. The molecule has 0 aliphatic carbocycles. The molecule has 0 saturated carbocycles. The van der Waals surface area contributed by atoms with Crippen molar-refractivity contribution in [3.63, 3.8) is 0 Å². The zero-order chi connectivity index (χ0) is 18.4. The summed E-state index contributed by atoms with van der Waals surface area (Å²) < 4.78 is 25.1. The summed E-state index contributed by atoms with van der Waals surface area (Å²) in [5.41, 5.74) is 5.14. The maximum atomic E-state index is 12.9. The Morgan fingerprint density at radius 2 is 1.84 bits per heavy atom. The Labute approximate surface area is 148 Å². The molecule has 0 saturated heterocycles. The Morgan fingerprint density at radius 1 is 1.12 bits per heavy atom. The van der Waals surface area contributed by atoms with Crippen LogP contribution in [0.2, 0.25) is 0 Å². The van der Waals surface area contributed by atoms with Gasteiger partial charge in [0.1, 0.15) is 0 Å². The van der Waals surface area contributed by atoms with Crippen LogP contribution in [0.4, 0.5) is 11.4 Å². The molecular formula is C19H22N2O3S. The van der Waals surface area contributed by atoms with Crippen LogP contribution in [0, 0.1) is 13.8 Å². The van der Waals surface area contributed by atoms with Crippen LogP contribution in [0.25, 0.3) is 0 Å². The van der Waals surface area contributed by atoms with Crippen LogP contribution in [0.3, 0.4) is 0 Å². The van der Waals surface area contributed by atoms with Gasteiger partial charge in [-0.15, -0.1) is 0 Å². The number of carbonyl (C=O) groups is 1. The molecule has 0 spiro atoms. The Hall–Kier alpha value is -2.34. The van der Waals surface area contributed by atoms with Gasteiger partial charge in [-0.2, -0.15) is 0 Å². The van der Waals surface area contributed by atoms with Gasteiger partial charge in [-0.25, -0.2) is 8.42 Å². The van der Waals surface area contributed by atoms with Crippen molar-refractivity contribution in [2.75, 3.05) is 29.1 Å². The molecule has 0 fully saturated rings. The van der Waals surface area contributed by atoms with E-state index in [1.165, 1.54) is 10.6 Å². The monoisotopic (exact) mass is 358 g/mol. The normalized spacial score (nSPS) is 13.7. The molecule has 1 aliphatic rings. The van der Waals surface area contributed by atoms with Crippen LogP contribution in [0.15, 0.2) is 36.4 Å². The number of fused-ring (bicyclic) bond motifs is 1. The highest BCUT2D eigenvalue weighted by Crippen LogP contribution is 2.31. The van der Waals surface area contributed by atoms with E-state index in [1.54, 1.807) is 24.1 Å². The topological polar surface area (TPSA) is 57.7 Å². The van der Waals surface area contributed by atoms with Gasteiger partial charge in [0.25, 0.3) is 5.91 Å². The van der Waals surface area contributed by atoms with Crippen molar-refractivity contribution < 1.29 is 13.2 Å². The van der Waals surface area contributed by atoms with Crippen LogP contribution >= 0.6 is 0 Å². The third kappa shape index (κ3) is 3.26. The highest BCUT2D eigenvalue weighted by Gasteiger charge is 2.27. The standard InChI is InChI=1S/C19H22N2O3S/c1-13-5-6-14(2)18(11-13)20(3)19(22)16-7-8-17-15(12-16)9-10-21(17)25(4,23)24/h5-8,11-12H,9-10H2,1-4H3. The highest BCUT2D eigenvalue weighted by molar-refractivity contribution is 7.92. The Morgan fingerprint density at radius 3 is 2.52 bits per heavy atom. The summed E-state index contributed by atoms with van der Waals surface area (Å²) >= 11 is 0. The van der Waals surface area contributed by atoms with Crippen molar-refractivity contribution in [3.05, 3.63) is 58.7 Å². The number of aryl methyl sites for hydroxylation is 2. The minimum absolute atomic E-state index is 0.102. The zero-order valence-electron chi connectivity index (χ0n) is 14.9. The molecule has 0 N–H and O–H groups in total. The van der Waals surface area contributed by atoms with Crippen LogP contribution in [0.1, 0.15) is 27.0 Å². The summed E-state index contributed by atoms with van der Waals surface area (Å²) in [5, 5.41) is 0. The fraction of sp³-hybridized carbons (Fsp3) is 0.316. The van der Waals surface area contributed by atoms with Crippen molar-refractivity contribution in [1.29, 1.82) is 0 Å². The molecule has 132 valence electrons. The molecule has 6 heteroatoms. The lowest BCUT2D eigenvalue weighted by Crippen LogP contribution is -2.28. The fourth-order valence-corrected chi connectivity index (χ4v) is 4.19. The van der Waals surface area contributed by atoms with Gasteiger partial charge in [0, 0.05) is 24.8 Å². The molecular weight excluding hydrogens is 336 g/mol. The van der Waals surface area contributed by atoms with Gasteiger partial charge in [-0.05, 0) is 61.2 Å². The van der Waals surface area contributed by atoms with Crippen LogP contribution < -0.4 is 9.21 Å². The lowest BCUT2D eigenvalue weighted by molar-refractivity contribution is 0.0993. The van der Waals surface area contributed by atoms with E-state index in [9.17, 15) is 13.2 Å². The van der Waals surface area contributed by atoms with E-state index in [2.05, 4.69) is 0 Å².